The Balaban J connectivity index is 2.79. The van der Waals surface area contributed by atoms with Gasteiger partial charge >= 0.3 is 0 Å². The second-order valence-electron chi connectivity index (χ2n) is 5.84. The Labute approximate surface area is 93.6 Å². The molecule has 1 aliphatic carbocycles. The molecular weight excluding hydrogens is 186 g/mol. The van der Waals surface area contributed by atoms with Gasteiger partial charge in [-0.15, -0.1) is 0 Å². The Morgan fingerprint density at radius 3 is 2.00 bits per heavy atom. The SMILES string of the molecule is CCC1(C)CCC(C(N)=O)(C(C)C)CC1. The summed E-state index contributed by atoms with van der Waals surface area (Å²) >= 11 is 0. The molecule has 0 heterocycles. The maximum atomic E-state index is 11.6. The van der Waals surface area contributed by atoms with E-state index in [9.17, 15) is 4.79 Å². The zero-order valence-electron chi connectivity index (χ0n) is 10.6. The van der Waals surface area contributed by atoms with E-state index in [2.05, 4.69) is 27.7 Å². The number of hydrogen-bond acceptors (Lipinski definition) is 1. The topological polar surface area (TPSA) is 43.1 Å². The Bertz CT molecular complexity index is 237. The summed E-state index contributed by atoms with van der Waals surface area (Å²) in [5.74, 6) is 0.284. The predicted molar refractivity (Wildman–Crippen MR) is 63.3 cm³/mol. The second-order valence-corrected chi connectivity index (χ2v) is 5.84. The lowest BCUT2D eigenvalue weighted by Crippen LogP contribution is -2.45. The van der Waals surface area contributed by atoms with Crippen LogP contribution >= 0.6 is 0 Å². The highest BCUT2D eigenvalue weighted by molar-refractivity contribution is 5.81. The summed E-state index contributed by atoms with van der Waals surface area (Å²) in [6, 6.07) is 0. The van der Waals surface area contributed by atoms with E-state index in [0.29, 0.717) is 11.3 Å². The number of amides is 1. The highest BCUT2D eigenvalue weighted by Crippen LogP contribution is 2.50. The smallest absolute Gasteiger partial charge is 0.223 e. The van der Waals surface area contributed by atoms with Gasteiger partial charge in [0.2, 0.25) is 5.91 Å². The lowest BCUT2D eigenvalue weighted by molar-refractivity contribution is -0.134. The van der Waals surface area contributed by atoms with Gasteiger partial charge in [0.05, 0.1) is 5.41 Å². The molecule has 2 N–H and O–H groups in total. The van der Waals surface area contributed by atoms with E-state index in [-0.39, 0.29) is 11.3 Å². The van der Waals surface area contributed by atoms with Gasteiger partial charge in [-0.2, -0.15) is 0 Å². The molecule has 1 saturated carbocycles. The van der Waals surface area contributed by atoms with Crippen LogP contribution in [0.5, 0.6) is 0 Å². The molecule has 0 unspecified atom stereocenters. The third-order valence-electron chi connectivity index (χ3n) is 4.80. The third-order valence-corrected chi connectivity index (χ3v) is 4.80. The molecule has 88 valence electrons. The molecule has 0 atom stereocenters. The quantitative estimate of drug-likeness (QED) is 0.766. The van der Waals surface area contributed by atoms with Gasteiger partial charge < -0.3 is 5.73 Å². The monoisotopic (exact) mass is 211 g/mol. The highest BCUT2D eigenvalue weighted by Gasteiger charge is 2.45. The van der Waals surface area contributed by atoms with E-state index in [1.165, 1.54) is 6.42 Å². The minimum Gasteiger partial charge on any atom is -0.369 e. The molecular formula is C13H25NO. The summed E-state index contributed by atoms with van der Waals surface area (Å²) in [5.41, 5.74) is 5.81. The van der Waals surface area contributed by atoms with E-state index < -0.39 is 0 Å². The van der Waals surface area contributed by atoms with Crippen LogP contribution in [0.25, 0.3) is 0 Å². The van der Waals surface area contributed by atoms with Crippen LogP contribution < -0.4 is 5.73 Å². The van der Waals surface area contributed by atoms with Crippen LogP contribution in [-0.2, 0) is 4.79 Å². The molecule has 2 heteroatoms. The van der Waals surface area contributed by atoms with Gasteiger partial charge in [-0.25, -0.2) is 0 Å². The first-order chi connectivity index (χ1) is 6.86. The van der Waals surface area contributed by atoms with Crippen LogP contribution in [-0.4, -0.2) is 5.91 Å². The molecule has 15 heavy (non-hydrogen) atoms. The van der Waals surface area contributed by atoms with Crippen LogP contribution in [0, 0.1) is 16.7 Å². The molecule has 0 aromatic heterocycles. The first-order valence-corrected chi connectivity index (χ1v) is 6.16. The molecule has 1 fully saturated rings. The van der Waals surface area contributed by atoms with Crippen molar-refractivity contribution in [1.82, 2.24) is 0 Å². The van der Waals surface area contributed by atoms with Gasteiger partial charge in [0.25, 0.3) is 0 Å². The lowest BCUT2D eigenvalue weighted by atomic mass is 9.59. The predicted octanol–water partition coefficient (Wildman–Crippen LogP) is 3.10. The third kappa shape index (κ3) is 2.19. The number of carbonyl (C=O) groups excluding carboxylic acids is 1. The van der Waals surface area contributed by atoms with Gasteiger partial charge in [0.15, 0.2) is 0 Å². The van der Waals surface area contributed by atoms with E-state index in [1.54, 1.807) is 0 Å². The van der Waals surface area contributed by atoms with Crippen LogP contribution in [0.15, 0.2) is 0 Å². The fourth-order valence-electron chi connectivity index (χ4n) is 2.76. The molecule has 1 aliphatic rings. The normalized spacial score (nSPS) is 36.9. The zero-order valence-corrected chi connectivity index (χ0v) is 10.6. The zero-order chi connectivity index (χ0) is 11.7. The maximum Gasteiger partial charge on any atom is 0.223 e. The van der Waals surface area contributed by atoms with Crippen molar-refractivity contribution in [2.24, 2.45) is 22.5 Å². The summed E-state index contributed by atoms with van der Waals surface area (Å²) in [7, 11) is 0. The average molecular weight is 211 g/mol. The molecule has 0 aliphatic heterocycles. The van der Waals surface area contributed by atoms with E-state index >= 15 is 0 Å². The number of hydrogen-bond donors (Lipinski definition) is 1. The second kappa shape index (κ2) is 4.15. The summed E-state index contributed by atoms with van der Waals surface area (Å²) in [6.07, 6.45) is 5.45. The molecule has 2 nitrogen and oxygen atoms in total. The van der Waals surface area contributed by atoms with Crippen molar-refractivity contribution in [3.05, 3.63) is 0 Å². The number of carbonyl (C=O) groups is 1. The summed E-state index contributed by atoms with van der Waals surface area (Å²) in [6.45, 7) is 8.82. The summed E-state index contributed by atoms with van der Waals surface area (Å²) in [4.78, 5) is 11.6. The number of rotatable bonds is 3. The van der Waals surface area contributed by atoms with Crippen LogP contribution in [0.2, 0.25) is 0 Å². The lowest BCUT2D eigenvalue weighted by Gasteiger charge is -2.45. The fraction of sp³-hybridized carbons (Fsp3) is 0.923. The van der Waals surface area contributed by atoms with Gasteiger partial charge in [-0.3, -0.25) is 4.79 Å². The van der Waals surface area contributed by atoms with E-state index in [0.717, 1.165) is 25.7 Å². The van der Waals surface area contributed by atoms with Crippen LogP contribution in [0.3, 0.4) is 0 Å². The van der Waals surface area contributed by atoms with E-state index in [1.807, 2.05) is 0 Å². The van der Waals surface area contributed by atoms with Gasteiger partial charge in [0.1, 0.15) is 0 Å². The largest absolute Gasteiger partial charge is 0.369 e. The number of primary amides is 1. The minimum absolute atomic E-state index is 0.0874. The van der Waals surface area contributed by atoms with Crippen molar-refractivity contribution in [2.75, 3.05) is 0 Å². The summed E-state index contributed by atoms with van der Waals surface area (Å²) in [5, 5.41) is 0. The standard InChI is InChI=1S/C13H25NO/c1-5-12(4)6-8-13(9-7-12,10(2)3)11(14)15/h10H,5-9H2,1-4H3,(H2,14,15). The molecule has 0 saturated heterocycles. The minimum atomic E-state index is -0.227. The van der Waals surface area contributed by atoms with Crippen molar-refractivity contribution in [1.29, 1.82) is 0 Å². The van der Waals surface area contributed by atoms with Gasteiger partial charge in [-0.1, -0.05) is 34.1 Å². The van der Waals surface area contributed by atoms with Crippen molar-refractivity contribution >= 4 is 5.91 Å². The summed E-state index contributed by atoms with van der Waals surface area (Å²) < 4.78 is 0. The first kappa shape index (κ1) is 12.5. The first-order valence-electron chi connectivity index (χ1n) is 6.16. The van der Waals surface area contributed by atoms with E-state index in [4.69, 9.17) is 5.73 Å². The van der Waals surface area contributed by atoms with Crippen LogP contribution in [0.4, 0.5) is 0 Å². The Morgan fingerprint density at radius 1 is 1.27 bits per heavy atom. The molecule has 0 bridgehead atoms. The van der Waals surface area contributed by atoms with Crippen molar-refractivity contribution in [2.45, 2.75) is 59.8 Å². The van der Waals surface area contributed by atoms with Crippen molar-refractivity contribution in [3.8, 4) is 0 Å². The molecule has 0 spiro atoms. The van der Waals surface area contributed by atoms with Gasteiger partial charge in [-0.05, 0) is 37.0 Å². The van der Waals surface area contributed by atoms with Crippen molar-refractivity contribution < 1.29 is 4.79 Å². The Kier molecular flexibility index (Phi) is 3.47. The molecule has 1 amide bonds. The molecule has 0 aromatic rings. The molecule has 1 rings (SSSR count). The average Bonchev–Trinajstić information content (AvgIpc) is 2.18. The van der Waals surface area contributed by atoms with Crippen molar-refractivity contribution in [3.63, 3.8) is 0 Å². The van der Waals surface area contributed by atoms with Crippen LogP contribution in [0.1, 0.15) is 59.8 Å². The molecule has 0 aromatic carbocycles. The molecule has 0 radical (unpaired) electrons. The van der Waals surface area contributed by atoms with Gasteiger partial charge in [0, 0.05) is 0 Å². The fourth-order valence-corrected chi connectivity index (χ4v) is 2.76. The Hall–Kier alpha value is -0.530. The maximum absolute atomic E-state index is 11.6. The Morgan fingerprint density at radius 2 is 1.73 bits per heavy atom. The highest BCUT2D eigenvalue weighted by atomic mass is 16.1. The number of nitrogens with two attached hydrogens (primary N) is 1.